The lowest BCUT2D eigenvalue weighted by atomic mass is 10.1. The van der Waals surface area contributed by atoms with Crippen LogP contribution in [0.15, 0.2) is 5.38 Å². The molecular formula is C13H25N3S. The van der Waals surface area contributed by atoms with E-state index < -0.39 is 0 Å². The molecule has 0 aliphatic heterocycles. The summed E-state index contributed by atoms with van der Waals surface area (Å²) in [5.74, 6) is 0. The SMILES string of the molecule is CCNC(C)c1csc(N(C)C(CC)CC)n1. The monoisotopic (exact) mass is 255 g/mol. The highest BCUT2D eigenvalue weighted by atomic mass is 32.1. The maximum absolute atomic E-state index is 4.73. The molecule has 0 radical (unpaired) electrons. The lowest BCUT2D eigenvalue weighted by molar-refractivity contribution is 0.575. The van der Waals surface area contributed by atoms with Crippen LogP contribution in [0.4, 0.5) is 5.13 Å². The van der Waals surface area contributed by atoms with E-state index in [9.17, 15) is 0 Å². The molecular weight excluding hydrogens is 230 g/mol. The standard InChI is InChI=1S/C13H25N3S/c1-6-11(7-2)16(5)13-15-12(9-17-13)10(4)14-8-3/h9-11,14H,6-8H2,1-5H3. The zero-order chi connectivity index (χ0) is 12.8. The number of hydrogen-bond acceptors (Lipinski definition) is 4. The zero-order valence-electron chi connectivity index (χ0n) is 11.7. The van der Waals surface area contributed by atoms with Crippen LogP contribution in [0, 0.1) is 0 Å². The minimum Gasteiger partial charge on any atom is -0.348 e. The van der Waals surface area contributed by atoms with Gasteiger partial charge in [0.05, 0.1) is 5.69 Å². The summed E-state index contributed by atoms with van der Waals surface area (Å²) in [6.07, 6.45) is 2.34. The first-order chi connectivity index (χ1) is 8.13. The summed E-state index contributed by atoms with van der Waals surface area (Å²) in [5.41, 5.74) is 1.16. The van der Waals surface area contributed by atoms with Crippen LogP contribution in [-0.2, 0) is 0 Å². The fourth-order valence-corrected chi connectivity index (χ4v) is 3.00. The molecule has 3 nitrogen and oxygen atoms in total. The summed E-state index contributed by atoms with van der Waals surface area (Å²) in [6, 6.07) is 0.948. The highest BCUT2D eigenvalue weighted by Gasteiger charge is 2.16. The van der Waals surface area contributed by atoms with Crippen molar-refractivity contribution in [1.82, 2.24) is 10.3 Å². The Morgan fingerprint density at radius 1 is 1.35 bits per heavy atom. The molecule has 1 rings (SSSR count). The van der Waals surface area contributed by atoms with E-state index in [1.165, 1.54) is 12.8 Å². The molecule has 0 amide bonds. The summed E-state index contributed by atoms with van der Waals surface area (Å²) in [4.78, 5) is 7.04. The third-order valence-corrected chi connectivity index (χ3v) is 4.21. The van der Waals surface area contributed by atoms with Gasteiger partial charge in [0.15, 0.2) is 5.13 Å². The van der Waals surface area contributed by atoms with Gasteiger partial charge in [0.25, 0.3) is 0 Å². The number of rotatable bonds is 7. The van der Waals surface area contributed by atoms with Crippen molar-refractivity contribution in [3.8, 4) is 0 Å². The fourth-order valence-electron chi connectivity index (χ4n) is 2.04. The molecule has 0 aliphatic carbocycles. The van der Waals surface area contributed by atoms with Crippen LogP contribution in [0.25, 0.3) is 0 Å². The van der Waals surface area contributed by atoms with E-state index in [4.69, 9.17) is 4.98 Å². The average Bonchev–Trinajstić information content (AvgIpc) is 2.80. The molecule has 1 atom stereocenters. The second-order valence-corrected chi connectivity index (χ2v) is 5.25. The third kappa shape index (κ3) is 3.68. The van der Waals surface area contributed by atoms with Gasteiger partial charge in [-0.05, 0) is 26.3 Å². The molecule has 17 heavy (non-hydrogen) atoms. The van der Waals surface area contributed by atoms with Gasteiger partial charge in [0, 0.05) is 24.5 Å². The number of thiazole rings is 1. The first-order valence-electron chi connectivity index (χ1n) is 6.55. The summed E-state index contributed by atoms with van der Waals surface area (Å²) < 4.78 is 0. The Bertz CT molecular complexity index is 320. The van der Waals surface area contributed by atoms with Crippen LogP contribution in [-0.4, -0.2) is 24.6 Å². The first kappa shape index (κ1) is 14.5. The Labute approximate surface area is 109 Å². The maximum atomic E-state index is 4.73. The summed E-state index contributed by atoms with van der Waals surface area (Å²) >= 11 is 1.75. The summed E-state index contributed by atoms with van der Waals surface area (Å²) in [6.45, 7) is 9.75. The Morgan fingerprint density at radius 2 is 2.00 bits per heavy atom. The van der Waals surface area contributed by atoms with Crippen LogP contribution in [0.5, 0.6) is 0 Å². The molecule has 0 fully saturated rings. The molecule has 98 valence electrons. The Hall–Kier alpha value is -0.610. The van der Waals surface area contributed by atoms with Gasteiger partial charge in [-0.1, -0.05) is 20.8 Å². The third-order valence-electron chi connectivity index (χ3n) is 3.26. The molecule has 1 aromatic rings. The van der Waals surface area contributed by atoms with Crippen molar-refractivity contribution in [1.29, 1.82) is 0 Å². The Balaban J connectivity index is 2.73. The van der Waals surface area contributed by atoms with Crippen LogP contribution in [0.2, 0.25) is 0 Å². The molecule has 0 spiro atoms. The Morgan fingerprint density at radius 3 is 2.53 bits per heavy atom. The van der Waals surface area contributed by atoms with Crippen LogP contribution >= 0.6 is 11.3 Å². The van der Waals surface area contributed by atoms with Crippen molar-refractivity contribution in [3.05, 3.63) is 11.1 Å². The smallest absolute Gasteiger partial charge is 0.185 e. The first-order valence-corrected chi connectivity index (χ1v) is 7.43. The molecule has 0 aromatic carbocycles. The van der Waals surface area contributed by atoms with Gasteiger partial charge in [0.1, 0.15) is 0 Å². The molecule has 1 aromatic heterocycles. The topological polar surface area (TPSA) is 28.2 Å². The number of anilines is 1. The van der Waals surface area contributed by atoms with Crippen LogP contribution in [0.1, 0.15) is 52.3 Å². The predicted molar refractivity (Wildman–Crippen MR) is 77.0 cm³/mol. The van der Waals surface area contributed by atoms with E-state index in [0.717, 1.165) is 17.4 Å². The minimum atomic E-state index is 0.347. The van der Waals surface area contributed by atoms with Gasteiger partial charge in [-0.25, -0.2) is 4.98 Å². The van der Waals surface area contributed by atoms with E-state index in [1.807, 2.05) is 0 Å². The average molecular weight is 255 g/mol. The molecule has 1 unspecified atom stereocenters. The highest BCUT2D eigenvalue weighted by Crippen LogP contribution is 2.25. The Kier molecular flexibility index (Phi) is 5.92. The molecule has 1 N–H and O–H groups in total. The van der Waals surface area contributed by atoms with Gasteiger partial charge >= 0.3 is 0 Å². The van der Waals surface area contributed by atoms with E-state index in [2.05, 4.69) is 50.3 Å². The van der Waals surface area contributed by atoms with E-state index >= 15 is 0 Å². The van der Waals surface area contributed by atoms with Crippen LogP contribution < -0.4 is 10.2 Å². The molecule has 0 bridgehead atoms. The van der Waals surface area contributed by atoms with Crippen molar-refractivity contribution in [2.24, 2.45) is 0 Å². The zero-order valence-corrected chi connectivity index (χ0v) is 12.5. The molecule has 4 heteroatoms. The molecule has 1 heterocycles. The number of nitrogens with one attached hydrogen (secondary N) is 1. The predicted octanol–water partition coefficient (Wildman–Crippen LogP) is 3.44. The van der Waals surface area contributed by atoms with Gasteiger partial charge in [-0.15, -0.1) is 11.3 Å². The van der Waals surface area contributed by atoms with E-state index in [0.29, 0.717) is 12.1 Å². The van der Waals surface area contributed by atoms with Crippen LogP contribution in [0.3, 0.4) is 0 Å². The lowest BCUT2D eigenvalue weighted by Gasteiger charge is -2.25. The normalized spacial score (nSPS) is 13.1. The lowest BCUT2D eigenvalue weighted by Crippen LogP contribution is -2.30. The highest BCUT2D eigenvalue weighted by molar-refractivity contribution is 7.13. The van der Waals surface area contributed by atoms with E-state index in [1.54, 1.807) is 11.3 Å². The fraction of sp³-hybridized carbons (Fsp3) is 0.769. The van der Waals surface area contributed by atoms with Gasteiger partial charge in [-0.3, -0.25) is 0 Å². The van der Waals surface area contributed by atoms with Crippen molar-refractivity contribution < 1.29 is 0 Å². The maximum Gasteiger partial charge on any atom is 0.185 e. The number of hydrogen-bond donors (Lipinski definition) is 1. The van der Waals surface area contributed by atoms with Gasteiger partial charge < -0.3 is 10.2 Å². The second-order valence-electron chi connectivity index (χ2n) is 4.42. The quantitative estimate of drug-likeness (QED) is 0.809. The summed E-state index contributed by atoms with van der Waals surface area (Å²) in [7, 11) is 2.15. The van der Waals surface area contributed by atoms with Crippen molar-refractivity contribution in [3.63, 3.8) is 0 Å². The summed E-state index contributed by atoms with van der Waals surface area (Å²) in [5, 5.41) is 6.70. The number of nitrogens with zero attached hydrogens (tertiary/aromatic N) is 2. The second kappa shape index (κ2) is 6.97. The molecule has 0 saturated heterocycles. The molecule has 0 saturated carbocycles. The largest absolute Gasteiger partial charge is 0.348 e. The number of aromatic nitrogens is 1. The molecule has 0 aliphatic rings. The minimum absolute atomic E-state index is 0.347. The van der Waals surface area contributed by atoms with Crippen molar-refractivity contribution in [2.75, 3.05) is 18.5 Å². The van der Waals surface area contributed by atoms with Gasteiger partial charge in [0.2, 0.25) is 0 Å². The van der Waals surface area contributed by atoms with E-state index in [-0.39, 0.29) is 0 Å². The van der Waals surface area contributed by atoms with Crippen molar-refractivity contribution >= 4 is 16.5 Å². The van der Waals surface area contributed by atoms with Gasteiger partial charge in [-0.2, -0.15) is 0 Å². The van der Waals surface area contributed by atoms with Crippen molar-refractivity contribution in [2.45, 2.75) is 52.6 Å².